The predicted molar refractivity (Wildman–Crippen MR) is 104 cm³/mol. The molecule has 0 amide bonds. The average Bonchev–Trinajstić information content (AvgIpc) is 3.25. The molecule has 3 heteroatoms. The van der Waals surface area contributed by atoms with Crippen LogP contribution < -0.4 is 0 Å². The van der Waals surface area contributed by atoms with Crippen LogP contribution in [0.2, 0.25) is 0 Å². The molecule has 4 aromatic rings. The van der Waals surface area contributed by atoms with E-state index in [0.717, 1.165) is 27.1 Å². The van der Waals surface area contributed by atoms with Crippen molar-refractivity contribution >= 4 is 39.7 Å². The van der Waals surface area contributed by atoms with Crippen LogP contribution in [-0.4, -0.2) is 10.4 Å². The lowest BCUT2D eigenvalue weighted by Gasteiger charge is -2.18. The van der Waals surface area contributed by atoms with Gasteiger partial charge in [-0.3, -0.25) is 4.79 Å². The van der Waals surface area contributed by atoms with Crippen LogP contribution in [0.4, 0.5) is 0 Å². The van der Waals surface area contributed by atoms with Crippen LogP contribution in [-0.2, 0) is 7.05 Å². The molecule has 2 heterocycles. The highest BCUT2D eigenvalue weighted by molar-refractivity contribution is 7.11. The Morgan fingerprint density at radius 3 is 2.56 bits per heavy atom. The highest BCUT2D eigenvalue weighted by Gasteiger charge is 2.27. The van der Waals surface area contributed by atoms with E-state index < -0.39 is 0 Å². The van der Waals surface area contributed by atoms with Gasteiger partial charge >= 0.3 is 0 Å². The zero-order valence-electron chi connectivity index (χ0n) is 13.7. The largest absolute Gasteiger partial charge is 0.350 e. The molecule has 0 fully saturated rings. The van der Waals surface area contributed by atoms with Gasteiger partial charge < -0.3 is 4.57 Å². The molecule has 2 aromatic carbocycles. The van der Waals surface area contributed by atoms with Crippen molar-refractivity contribution in [1.82, 2.24) is 4.57 Å². The fourth-order valence-electron chi connectivity index (χ4n) is 3.67. The third-order valence-electron chi connectivity index (χ3n) is 4.84. The third kappa shape index (κ3) is 2.06. The molecule has 2 aromatic heterocycles. The Labute approximate surface area is 149 Å². The molecule has 25 heavy (non-hydrogen) atoms. The molecule has 0 saturated heterocycles. The molecule has 0 saturated carbocycles. The maximum Gasteiger partial charge on any atom is 0.195 e. The summed E-state index contributed by atoms with van der Waals surface area (Å²) >= 11 is 1.64. The van der Waals surface area contributed by atoms with Crippen LogP contribution in [0.5, 0.6) is 0 Å². The van der Waals surface area contributed by atoms with Gasteiger partial charge in [0.05, 0.1) is 0 Å². The molecule has 0 radical (unpaired) electrons. The van der Waals surface area contributed by atoms with Crippen molar-refractivity contribution in [1.29, 1.82) is 0 Å². The fraction of sp³-hybridized carbons (Fsp3) is 0.0455. The molecule has 1 aliphatic rings. The maximum atomic E-state index is 12.8. The van der Waals surface area contributed by atoms with Gasteiger partial charge in [0, 0.05) is 51.3 Å². The van der Waals surface area contributed by atoms with E-state index in [1.54, 1.807) is 11.3 Å². The second-order valence-corrected chi connectivity index (χ2v) is 7.22. The van der Waals surface area contributed by atoms with Gasteiger partial charge in [-0.15, -0.1) is 11.3 Å². The Hall–Kier alpha value is -2.91. The summed E-state index contributed by atoms with van der Waals surface area (Å²) < 4.78 is 2.15. The number of ketones is 1. The third-order valence-corrected chi connectivity index (χ3v) is 5.79. The van der Waals surface area contributed by atoms with Gasteiger partial charge in [-0.05, 0) is 29.2 Å². The minimum atomic E-state index is 0.127. The van der Waals surface area contributed by atoms with E-state index in [0.29, 0.717) is 0 Å². The number of rotatable bonds is 1. The summed E-state index contributed by atoms with van der Waals surface area (Å²) in [5.74, 6) is 0.127. The molecule has 0 N–H and O–H groups in total. The number of aromatic nitrogens is 1. The summed E-state index contributed by atoms with van der Waals surface area (Å²) in [4.78, 5) is 13.8. The lowest BCUT2D eigenvalue weighted by molar-refractivity contribution is 0.103. The second kappa shape index (κ2) is 5.30. The monoisotopic (exact) mass is 341 g/mol. The molecule has 0 aliphatic heterocycles. The predicted octanol–water partition coefficient (Wildman–Crippen LogP) is 5.37. The van der Waals surface area contributed by atoms with Gasteiger partial charge in [-0.2, -0.15) is 0 Å². The van der Waals surface area contributed by atoms with Crippen LogP contribution in [0.25, 0.3) is 22.6 Å². The van der Waals surface area contributed by atoms with E-state index in [2.05, 4.69) is 48.2 Å². The molecule has 0 bridgehead atoms. The first kappa shape index (κ1) is 14.4. The van der Waals surface area contributed by atoms with Gasteiger partial charge in [0.2, 0.25) is 0 Å². The van der Waals surface area contributed by atoms with E-state index in [4.69, 9.17) is 0 Å². The first-order valence-electron chi connectivity index (χ1n) is 8.22. The van der Waals surface area contributed by atoms with E-state index in [1.165, 1.54) is 16.5 Å². The number of aryl methyl sites for hydroxylation is 1. The Bertz CT molecular complexity index is 1180. The molecule has 1 aliphatic carbocycles. The number of hydrogen-bond donors (Lipinski definition) is 0. The Balaban J connectivity index is 1.82. The fourth-order valence-corrected chi connectivity index (χ4v) is 4.59. The van der Waals surface area contributed by atoms with E-state index in [1.807, 2.05) is 35.7 Å². The van der Waals surface area contributed by atoms with Crippen LogP contribution in [0.15, 0.2) is 66.2 Å². The first-order chi connectivity index (χ1) is 12.2. The zero-order valence-corrected chi connectivity index (χ0v) is 14.5. The van der Waals surface area contributed by atoms with Gasteiger partial charge in [0.15, 0.2) is 5.78 Å². The topological polar surface area (TPSA) is 22.0 Å². The van der Waals surface area contributed by atoms with Crippen LogP contribution in [0.3, 0.4) is 0 Å². The number of carbonyl (C=O) groups excluding carboxylic acids is 1. The smallest absolute Gasteiger partial charge is 0.195 e. The summed E-state index contributed by atoms with van der Waals surface area (Å²) in [7, 11) is 2.07. The summed E-state index contributed by atoms with van der Waals surface area (Å²) in [5.41, 5.74) is 6.15. The number of para-hydroxylation sites is 1. The van der Waals surface area contributed by atoms with Crippen molar-refractivity contribution < 1.29 is 4.79 Å². The molecule has 0 spiro atoms. The first-order valence-corrected chi connectivity index (χ1v) is 9.10. The van der Waals surface area contributed by atoms with Gasteiger partial charge in [0.1, 0.15) is 0 Å². The highest BCUT2D eigenvalue weighted by Crippen LogP contribution is 2.40. The number of benzene rings is 2. The number of thiophene rings is 1. The van der Waals surface area contributed by atoms with E-state index in [-0.39, 0.29) is 5.78 Å². The van der Waals surface area contributed by atoms with E-state index >= 15 is 0 Å². The molecule has 5 rings (SSSR count). The van der Waals surface area contributed by atoms with Crippen molar-refractivity contribution in [3.05, 3.63) is 93.3 Å². The van der Waals surface area contributed by atoms with Gasteiger partial charge in [0.25, 0.3) is 0 Å². The Morgan fingerprint density at radius 1 is 0.920 bits per heavy atom. The minimum Gasteiger partial charge on any atom is -0.350 e. The number of fused-ring (bicyclic) bond motifs is 3. The lowest BCUT2D eigenvalue weighted by atomic mass is 9.85. The lowest BCUT2D eigenvalue weighted by Crippen LogP contribution is -2.11. The summed E-state index contributed by atoms with van der Waals surface area (Å²) in [6, 6.07) is 18.3. The molecular weight excluding hydrogens is 326 g/mol. The van der Waals surface area contributed by atoms with Crippen LogP contribution in [0, 0.1) is 0 Å². The Morgan fingerprint density at radius 2 is 1.68 bits per heavy atom. The van der Waals surface area contributed by atoms with Crippen LogP contribution >= 0.6 is 11.3 Å². The van der Waals surface area contributed by atoms with Crippen molar-refractivity contribution in [2.24, 2.45) is 7.05 Å². The highest BCUT2D eigenvalue weighted by atomic mass is 32.1. The molecule has 0 unspecified atom stereocenters. The van der Waals surface area contributed by atoms with Gasteiger partial charge in [-0.1, -0.05) is 42.5 Å². The molecule has 120 valence electrons. The second-order valence-electron chi connectivity index (χ2n) is 6.31. The molecular formula is C22H15NOS. The van der Waals surface area contributed by atoms with Crippen molar-refractivity contribution in [3.63, 3.8) is 0 Å². The van der Waals surface area contributed by atoms with E-state index in [9.17, 15) is 4.79 Å². The standard InChI is InChI=1S/C22H15NOS/c1-23-13-14(15-6-4-5-9-20(15)23)12-19-16-7-2-3-8-17(16)21(24)18-10-11-25-22(18)19/h2-13H,1H3/b19-12-. The summed E-state index contributed by atoms with van der Waals surface area (Å²) in [5, 5.41) is 3.23. The average molecular weight is 341 g/mol. The van der Waals surface area contributed by atoms with Crippen LogP contribution in [0.1, 0.15) is 31.9 Å². The van der Waals surface area contributed by atoms with Crippen molar-refractivity contribution in [2.45, 2.75) is 0 Å². The maximum absolute atomic E-state index is 12.8. The number of hydrogen-bond acceptors (Lipinski definition) is 2. The number of nitrogens with zero attached hydrogens (tertiary/aromatic N) is 1. The van der Waals surface area contributed by atoms with Crippen molar-refractivity contribution in [2.75, 3.05) is 0 Å². The summed E-state index contributed by atoms with van der Waals surface area (Å²) in [6.07, 6.45) is 4.38. The minimum absolute atomic E-state index is 0.127. The zero-order chi connectivity index (χ0) is 17.0. The number of carbonyl (C=O) groups is 1. The Kier molecular flexibility index (Phi) is 3.06. The van der Waals surface area contributed by atoms with Gasteiger partial charge in [-0.25, -0.2) is 0 Å². The normalized spacial score (nSPS) is 14.8. The molecule has 2 nitrogen and oxygen atoms in total. The quantitative estimate of drug-likeness (QED) is 0.401. The summed E-state index contributed by atoms with van der Waals surface area (Å²) in [6.45, 7) is 0. The molecule has 0 atom stereocenters. The van der Waals surface area contributed by atoms with Crippen molar-refractivity contribution in [3.8, 4) is 0 Å². The SMILES string of the molecule is Cn1cc(/C=C2/c3ccccc3C(=O)c3ccsc32)c2ccccc21.